The van der Waals surface area contributed by atoms with Crippen LogP contribution in [0.4, 0.5) is 0 Å². The summed E-state index contributed by atoms with van der Waals surface area (Å²) in [5.74, 6) is 0. The highest BCUT2D eigenvalue weighted by atomic mass is 79.9. The fourth-order valence-corrected chi connectivity index (χ4v) is 1.69. The van der Waals surface area contributed by atoms with Gasteiger partial charge in [-0.05, 0) is 41.0 Å². The molecule has 0 aliphatic rings. The van der Waals surface area contributed by atoms with Crippen molar-refractivity contribution in [2.24, 2.45) is 0 Å². The number of nitrogens with zero attached hydrogens (tertiary/aromatic N) is 1. The molecule has 1 aromatic rings. The van der Waals surface area contributed by atoms with Crippen molar-refractivity contribution in [2.75, 3.05) is 20.3 Å². The molecule has 16 heavy (non-hydrogen) atoms. The summed E-state index contributed by atoms with van der Waals surface area (Å²) < 4.78 is 5.68. The van der Waals surface area contributed by atoms with Crippen LogP contribution in [0.3, 0.4) is 0 Å². The van der Waals surface area contributed by atoms with E-state index in [1.54, 1.807) is 7.11 Å². The van der Waals surface area contributed by atoms with Crippen molar-refractivity contribution in [2.45, 2.75) is 19.1 Å². The van der Waals surface area contributed by atoms with Gasteiger partial charge in [0.1, 0.15) is 4.60 Å². The number of rotatable bonds is 7. The molecule has 0 bridgehead atoms. The standard InChI is InChI=1S/C11H17BrN2O2/c1-16-8-10(15)5-6-13-7-9-3-2-4-11(12)14-9/h2-4,10,13,15H,5-8H2,1H3. The van der Waals surface area contributed by atoms with E-state index in [4.69, 9.17) is 4.74 Å². The number of aliphatic hydroxyl groups excluding tert-OH is 1. The van der Waals surface area contributed by atoms with E-state index in [9.17, 15) is 5.11 Å². The molecule has 1 atom stereocenters. The van der Waals surface area contributed by atoms with Gasteiger partial charge in [0.15, 0.2) is 0 Å². The van der Waals surface area contributed by atoms with E-state index in [1.165, 1.54) is 0 Å². The average molecular weight is 289 g/mol. The van der Waals surface area contributed by atoms with E-state index in [0.717, 1.165) is 16.8 Å². The zero-order chi connectivity index (χ0) is 11.8. The molecule has 1 rings (SSSR count). The summed E-state index contributed by atoms with van der Waals surface area (Å²) in [6.07, 6.45) is 0.287. The molecule has 1 aromatic heterocycles. The normalized spacial score (nSPS) is 12.7. The van der Waals surface area contributed by atoms with Gasteiger partial charge in [-0.15, -0.1) is 0 Å². The Labute approximate surface area is 104 Å². The second-order valence-corrected chi connectivity index (χ2v) is 4.34. The summed E-state index contributed by atoms with van der Waals surface area (Å²) in [6, 6.07) is 5.81. The number of aromatic nitrogens is 1. The minimum atomic E-state index is -0.395. The van der Waals surface area contributed by atoms with Crippen molar-refractivity contribution in [3.05, 3.63) is 28.5 Å². The molecule has 2 N–H and O–H groups in total. The monoisotopic (exact) mass is 288 g/mol. The minimum Gasteiger partial charge on any atom is -0.391 e. The zero-order valence-corrected chi connectivity index (χ0v) is 10.9. The number of nitrogens with one attached hydrogen (secondary N) is 1. The number of ether oxygens (including phenoxy) is 1. The first-order chi connectivity index (χ1) is 7.72. The fourth-order valence-electron chi connectivity index (χ4n) is 1.31. The fraction of sp³-hybridized carbons (Fsp3) is 0.545. The van der Waals surface area contributed by atoms with Crippen molar-refractivity contribution >= 4 is 15.9 Å². The molecule has 0 aromatic carbocycles. The van der Waals surface area contributed by atoms with Crippen molar-refractivity contribution in [3.8, 4) is 0 Å². The molecular formula is C11H17BrN2O2. The molecule has 0 fully saturated rings. The van der Waals surface area contributed by atoms with Crippen LogP contribution >= 0.6 is 15.9 Å². The predicted molar refractivity (Wildman–Crippen MR) is 66.1 cm³/mol. The highest BCUT2D eigenvalue weighted by Gasteiger charge is 2.02. The molecule has 4 nitrogen and oxygen atoms in total. The van der Waals surface area contributed by atoms with Crippen molar-refractivity contribution in [1.29, 1.82) is 0 Å². The van der Waals surface area contributed by atoms with Crippen molar-refractivity contribution < 1.29 is 9.84 Å². The average Bonchev–Trinajstić information content (AvgIpc) is 2.25. The van der Waals surface area contributed by atoms with Crippen LogP contribution in [0.15, 0.2) is 22.8 Å². The van der Waals surface area contributed by atoms with Gasteiger partial charge >= 0.3 is 0 Å². The number of hydrogen-bond donors (Lipinski definition) is 2. The molecule has 5 heteroatoms. The second-order valence-electron chi connectivity index (χ2n) is 3.53. The molecular weight excluding hydrogens is 272 g/mol. The summed E-state index contributed by atoms with van der Waals surface area (Å²) in [4.78, 5) is 4.29. The topological polar surface area (TPSA) is 54.4 Å². The molecule has 0 saturated carbocycles. The van der Waals surface area contributed by atoms with E-state index in [-0.39, 0.29) is 0 Å². The van der Waals surface area contributed by atoms with E-state index in [2.05, 4.69) is 26.2 Å². The molecule has 0 saturated heterocycles. The maximum atomic E-state index is 9.40. The van der Waals surface area contributed by atoms with Gasteiger partial charge in [0.05, 0.1) is 18.4 Å². The molecule has 0 amide bonds. The Bertz CT molecular complexity index is 310. The Hall–Kier alpha value is -0.490. The summed E-state index contributed by atoms with van der Waals surface area (Å²) in [7, 11) is 1.59. The first-order valence-electron chi connectivity index (χ1n) is 5.21. The van der Waals surface area contributed by atoms with Gasteiger partial charge in [-0.2, -0.15) is 0 Å². The van der Waals surface area contributed by atoms with Gasteiger partial charge in [-0.25, -0.2) is 4.98 Å². The molecule has 0 aliphatic carbocycles. The Balaban J connectivity index is 2.16. The van der Waals surface area contributed by atoms with Crippen molar-refractivity contribution in [3.63, 3.8) is 0 Å². The molecule has 0 spiro atoms. The lowest BCUT2D eigenvalue weighted by atomic mass is 10.2. The Morgan fingerprint density at radius 1 is 1.56 bits per heavy atom. The maximum absolute atomic E-state index is 9.40. The van der Waals surface area contributed by atoms with Crippen LogP contribution in [0.1, 0.15) is 12.1 Å². The number of pyridine rings is 1. The number of halogens is 1. The second kappa shape index (κ2) is 7.73. The van der Waals surface area contributed by atoms with E-state index in [1.807, 2.05) is 18.2 Å². The smallest absolute Gasteiger partial charge is 0.106 e. The number of hydrogen-bond acceptors (Lipinski definition) is 4. The largest absolute Gasteiger partial charge is 0.391 e. The van der Waals surface area contributed by atoms with Crippen LogP contribution in [0.25, 0.3) is 0 Å². The van der Waals surface area contributed by atoms with Crippen LogP contribution < -0.4 is 5.32 Å². The molecule has 1 heterocycles. The summed E-state index contributed by atoms with van der Waals surface area (Å²) in [6.45, 7) is 1.84. The quantitative estimate of drug-likeness (QED) is 0.587. The predicted octanol–water partition coefficient (Wildman–Crippen LogP) is 1.33. The first-order valence-corrected chi connectivity index (χ1v) is 6.01. The highest BCUT2D eigenvalue weighted by molar-refractivity contribution is 9.10. The van der Waals surface area contributed by atoms with E-state index in [0.29, 0.717) is 19.6 Å². The van der Waals surface area contributed by atoms with Gasteiger partial charge < -0.3 is 15.2 Å². The Kier molecular flexibility index (Phi) is 6.56. The molecule has 0 radical (unpaired) electrons. The van der Waals surface area contributed by atoms with Gasteiger partial charge in [-0.3, -0.25) is 0 Å². The van der Waals surface area contributed by atoms with E-state index >= 15 is 0 Å². The van der Waals surface area contributed by atoms with Crippen LogP contribution in [-0.2, 0) is 11.3 Å². The van der Waals surface area contributed by atoms with Crippen LogP contribution in [0, 0.1) is 0 Å². The molecule has 1 unspecified atom stereocenters. The Morgan fingerprint density at radius 3 is 3.06 bits per heavy atom. The van der Waals surface area contributed by atoms with Gasteiger partial charge in [0, 0.05) is 13.7 Å². The molecule has 90 valence electrons. The maximum Gasteiger partial charge on any atom is 0.106 e. The number of methoxy groups -OCH3 is 1. The van der Waals surface area contributed by atoms with Gasteiger partial charge in [-0.1, -0.05) is 6.07 Å². The lowest BCUT2D eigenvalue weighted by molar-refractivity contribution is 0.0594. The zero-order valence-electron chi connectivity index (χ0n) is 9.32. The third-order valence-corrected chi connectivity index (χ3v) is 2.53. The first kappa shape index (κ1) is 13.6. The summed E-state index contributed by atoms with van der Waals surface area (Å²) in [5.41, 5.74) is 0.982. The third kappa shape index (κ3) is 5.55. The van der Waals surface area contributed by atoms with Crippen LogP contribution in [-0.4, -0.2) is 36.5 Å². The van der Waals surface area contributed by atoms with Crippen LogP contribution in [0.2, 0.25) is 0 Å². The van der Waals surface area contributed by atoms with Crippen molar-refractivity contribution in [1.82, 2.24) is 10.3 Å². The lowest BCUT2D eigenvalue weighted by Gasteiger charge is -2.09. The summed E-state index contributed by atoms with van der Waals surface area (Å²) in [5, 5.41) is 12.6. The lowest BCUT2D eigenvalue weighted by Crippen LogP contribution is -2.23. The van der Waals surface area contributed by atoms with Crippen LogP contribution in [0.5, 0.6) is 0 Å². The SMILES string of the molecule is COCC(O)CCNCc1cccc(Br)n1. The van der Waals surface area contributed by atoms with Gasteiger partial charge in [0.25, 0.3) is 0 Å². The Morgan fingerprint density at radius 2 is 2.38 bits per heavy atom. The minimum absolute atomic E-state index is 0.386. The number of aliphatic hydroxyl groups is 1. The van der Waals surface area contributed by atoms with E-state index < -0.39 is 6.10 Å². The molecule has 0 aliphatic heterocycles. The van der Waals surface area contributed by atoms with Gasteiger partial charge in [0.2, 0.25) is 0 Å². The summed E-state index contributed by atoms with van der Waals surface area (Å²) >= 11 is 3.32. The third-order valence-electron chi connectivity index (χ3n) is 2.09. The highest BCUT2D eigenvalue weighted by Crippen LogP contribution is 2.05.